The Labute approximate surface area is 113 Å². The van der Waals surface area contributed by atoms with Crippen molar-refractivity contribution < 1.29 is 14.6 Å². The molecule has 1 saturated carbocycles. The molecule has 4 heteroatoms. The lowest BCUT2D eigenvalue weighted by molar-refractivity contribution is 0.195. The van der Waals surface area contributed by atoms with Gasteiger partial charge in [0.15, 0.2) is 11.5 Å². The maximum Gasteiger partial charge on any atom is 0.162 e. The predicted molar refractivity (Wildman–Crippen MR) is 71.6 cm³/mol. The Bertz CT molecular complexity index is 414. The molecule has 0 aliphatic heterocycles. The van der Waals surface area contributed by atoms with Crippen LogP contribution in [0.3, 0.4) is 0 Å². The summed E-state index contributed by atoms with van der Waals surface area (Å²) in [4.78, 5) is 0. The first-order chi connectivity index (χ1) is 8.60. The molecule has 1 N–H and O–H groups in total. The van der Waals surface area contributed by atoms with E-state index in [2.05, 4.69) is 0 Å². The average molecular weight is 271 g/mol. The molecule has 0 amide bonds. The van der Waals surface area contributed by atoms with Crippen molar-refractivity contribution in [2.24, 2.45) is 5.92 Å². The monoisotopic (exact) mass is 270 g/mol. The molecular weight excluding hydrogens is 252 g/mol. The average Bonchev–Trinajstić information content (AvgIpc) is 3.12. The fraction of sp³-hybridized carbons (Fsp3) is 0.571. The lowest BCUT2D eigenvalue weighted by atomic mass is 10.1. The fourth-order valence-corrected chi connectivity index (χ4v) is 2.05. The van der Waals surface area contributed by atoms with Crippen molar-refractivity contribution in [2.75, 3.05) is 13.7 Å². The zero-order valence-electron chi connectivity index (χ0n) is 10.8. The van der Waals surface area contributed by atoms with Gasteiger partial charge in [-0.25, -0.2) is 0 Å². The van der Waals surface area contributed by atoms with E-state index in [0.29, 0.717) is 28.9 Å². The van der Waals surface area contributed by atoms with Gasteiger partial charge in [-0.1, -0.05) is 11.6 Å². The van der Waals surface area contributed by atoms with E-state index in [9.17, 15) is 5.11 Å². The van der Waals surface area contributed by atoms with Gasteiger partial charge in [-0.15, -0.1) is 0 Å². The summed E-state index contributed by atoms with van der Waals surface area (Å²) >= 11 is 6.19. The Morgan fingerprint density at radius 1 is 1.39 bits per heavy atom. The molecule has 18 heavy (non-hydrogen) atoms. The Morgan fingerprint density at radius 2 is 2.11 bits per heavy atom. The van der Waals surface area contributed by atoms with Crippen molar-refractivity contribution in [1.82, 2.24) is 0 Å². The third-order valence-corrected chi connectivity index (χ3v) is 3.37. The maximum atomic E-state index is 9.42. The molecule has 2 rings (SSSR count). The number of aliphatic hydroxyl groups is 1. The van der Waals surface area contributed by atoms with Gasteiger partial charge in [0, 0.05) is 11.1 Å². The number of benzene rings is 1. The fourth-order valence-electron chi connectivity index (χ4n) is 1.82. The smallest absolute Gasteiger partial charge is 0.162 e. The molecule has 100 valence electrons. The highest BCUT2D eigenvalue weighted by molar-refractivity contribution is 6.31. The van der Waals surface area contributed by atoms with E-state index >= 15 is 0 Å². The van der Waals surface area contributed by atoms with Crippen LogP contribution in [0, 0.1) is 5.92 Å². The van der Waals surface area contributed by atoms with Crippen molar-refractivity contribution in [3.8, 4) is 11.5 Å². The Hall–Kier alpha value is -0.930. The first-order valence-corrected chi connectivity index (χ1v) is 6.65. The molecule has 1 unspecified atom stereocenters. The standard InChI is InChI=1S/C14H19ClO3/c1-9(16)5-11-6-13(17-2)14(7-12(11)15)18-8-10-3-4-10/h6-7,9-10,16H,3-5,8H2,1-2H3. The zero-order valence-corrected chi connectivity index (χ0v) is 11.5. The molecule has 0 saturated heterocycles. The number of hydrogen-bond acceptors (Lipinski definition) is 3. The molecule has 1 aromatic rings. The summed E-state index contributed by atoms with van der Waals surface area (Å²) in [5.74, 6) is 2.05. The highest BCUT2D eigenvalue weighted by atomic mass is 35.5. The third kappa shape index (κ3) is 3.53. The second kappa shape index (κ2) is 5.81. The van der Waals surface area contributed by atoms with Crippen LogP contribution in [0.4, 0.5) is 0 Å². The highest BCUT2D eigenvalue weighted by Gasteiger charge is 2.23. The molecule has 1 aliphatic carbocycles. The number of hydrogen-bond donors (Lipinski definition) is 1. The van der Waals surface area contributed by atoms with Gasteiger partial charge in [-0.2, -0.15) is 0 Å². The van der Waals surface area contributed by atoms with Crippen LogP contribution in [0.2, 0.25) is 5.02 Å². The molecule has 0 spiro atoms. The van der Waals surface area contributed by atoms with Gasteiger partial charge in [0.25, 0.3) is 0 Å². The molecule has 0 radical (unpaired) electrons. The van der Waals surface area contributed by atoms with E-state index in [0.717, 1.165) is 12.2 Å². The van der Waals surface area contributed by atoms with Crippen LogP contribution in [0.15, 0.2) is 12.1 Å². The first-order valence-electron chi connectivity index (χ1n) is 6.27. The van der Waals surface area contributed by atoms with Crippen molar-refractivity contribution in [3.63, 3.8) is 0 Å². The molecule has 1 atom stereocenters. The van der Waals surface area contributed by atoms with E-state index < -0.39 is 6.10 Å². The Morgan fingerprint density at radius 3 is 2.67 bits per heavy atom. The summed E-state index contributed by atoms with van der Waals surface area (Å²) in [6, 6.07) is 3.62. The minimum atomic E-state index is -0.426. The van der Waals surface area contributed by atoms with Gasteiger partial charge in [0.1, 0.15) is 0 Å². The molecule has 0 heterocycles. The van der Waals surface area contributed by atoms with Crippen LogP contribution in [-0.4, -0.2) is 24.9 Å². The lowest BCUT2D eigenvalue weighted by Crippen LogP contribution is -2.06. The van der Waals surface area contributed by atoms with Gasteiger partial charge in [-0.3, -0.25) is 0 Å². The van der Waals surface area contributed by atoms with Crippen LogP contribution in [0.5, 0.6) is 11.5 Å². The molecule has 3 nitrogen and oxygen atoms in total. The van der Waals surface area contributed by atoms with E-state index in [1.54, 1.807) is 20.1 Å². The highest BCUT2D eigenvalue weighted by Crippen LogP contribution is 2.36. The summed E-state index contributed by atoms with van der Waals surface area (Å²) in [5, 5.41) is 10.0. The summed E-state index contributed by atoms with van der Waals surface area (Å²) in [6.45, 7) is 2.46. The predicted octanol–water partition coefficient (Wildman–Crippen LogP) is 3.06. The van der Waals surface area contributed by atoms with E-state index in [1.807, 2.05) is 6.07 Å². The molecule has 0 aromatic heterocycles. The zero-order chi connectivity index (χ0) is 13.1. The van der Waals surface area contributed by atoms with Crippen LogP contribution in [0.1, 0.15) is 25.3 Å². The largest absolute Gasteiger partial charge is 0.493 e. The van der Waals surface area contributed by atoms with Gasteiger partial charge >= 0.3 is 0 Å². The number of methoxy groups -OCH3 is 1. The summed E-state index contributed by atoms with van der Waals surface area (Å²) in [7, 11) is 1.61. The van der Waals surface area contributed by atoms with Crippen LogP contribution >= 0.6 is 11.6 Å². The topological polar surface area (TPSA) is 38.7 Å². The summed E-state index contributed by atoms with van der Waals surface area (Å²) < 4.78 is 11.0. The van der Waals surface area contributed by atoms with Crippen molar-refractivity contribution in [2.45, 2.75) is 32.3 Å². The van der Waals surface area contributed by atoms with E-state index in [-0.39, 0.29) is 0 Å². The SMILES string of the molecule is COc1cc(CC(C)O)c(Cl)cc1OCC1CC1. The second-order valence-electron chi connectivity index (χ2n) is 4.90. The quantitative estimate of drug-likeness (QED) is 0.863. The Kier molecular flexibility index (Phi) is 4.36. The lowest BCUT2D eigenvalue weighted by Gasteiger charge is -2.14. The van der Waals surface area contributed by atoms with Crippen molar-refractivity contribution >= 4 is 11.6 Å². The number of ether oxygens (including phenoxy) is 2. The summed E-state index contributed by atoms with van der Waals surface area (Å²) in [5.41, 5.74) is 0.877. The van der Waals surface area contributed by atoms with Crippen LogP contribution < -0.4 is 9.47 Å². The Balaban J connectivity index is 2.15. The van der Waals surface area contributed by atoms with Crippen molar-refractivity contribution in [3.05, 3.63) is 22.7 Å². The van der Waals surface area contributed by atoms with Gasteiger partial charge in [0.2, 0.25) is 0 Å². The molecule has 1 aromatic carbocycles. The minimum absolute atomic E-state index is 0.426. The minimum Gasteiger partial charge on any atom is -0.493 e. The normalized spacial score (nSPS) is 16.4. The van der Waals surface area contributed by atoms with Crippen molar-refractivity contribution in [1.29, 1.82) is 0 Å². The van der Waals surface area contributed by atoms with Crippen LogP contribution in [-0.2, 0) is 6.42 Å². The van der Waals surface area contributed by atoms with Gasteiger partial charge < -0.3 is 14.6 Å². The first kappa shape index (κ1) is 13.5. The number of rotatable bonds is 6. The molecule has 1 aliphatic rings. The van der Waals surface area contributed by atoms with Crippen LogP contribution in [0.25, 0.3) is 0 Å². The third-order valence-electron chi connectivity index (χ3n) is 3.02. The second-order valence-corrected chi connectivity index (χ2v) is 5.31. The molecule has 1 fully saturated rings. The maximum absolute atomic E-state index is 9.42. The number of aliphatic hydroxyl groups excluding tert-OH is 1. The molecular formula is C14H19ClO3. The molecule has 0 bridgehead atoms. The van der Waals surface area contributed by atoms with Gasteiger partial charge in [0.05, 0.1) is 19.8 Å². The number of halogens is 1. The summed E-state index contributed by atoms with van der Waals surface area (Å²) in [6.07, 6.45) is 2.58. The van der Waals surface area contributed by atoms with E-state index in [4.69, 9.17) is 21.1 Å². The van der Waals surface area contributed by atoms with Gasteiger partial charge in [-0.05, 0) is 43.7 Å². The van der Waals surface area contributed by atoms with E-state index in [1.165, 1.54) is 12.8 Å².